The van der Waals surface area contributed by atoms with Crippen molar-refractivity contribution in [1.82, 2.24) is 4.98 Å². The maximum Gasteiger partial charge on any atom is 0.252 e. The second-order valence-corrected chi connectivity index (χ2v) is 8.51. The van der Waals surface area contributed by atoms with Crippen LogP contribution in [0.2, 0.25) is 0 Å². The molecule has 6 heteroatoms. The number of rotatable bonds is 7. The lowest BCUT2D eigenvalue weighted by atomic mass is 10.2. The number of aromatic nitrogens is 1. The van der Waals surface area contributed by atoms with Crippen LogP contribution < -0.4 is 9.80 Å². The molecule has 0 atom stereocenters. The van der Waals surface area contributed by atoms with E-state index in [0.29, 0.717) is 6.54 Å². The lowest BCUT2D eigenvalue weighted by molar-refractivity contribution is -0.906. The van der Waals surface area contributed by atoms with Crippen molar-refractivity contribution in [1.29, 1.82) is 0 Å². The van der Waals surface area contributed by atoms with E-state index in [-0.39, 0.29) is 5.91 Å². The van der Waals surface area contributed by atoms with E-state index in [1.165, 1.54) is 10.5 Å². The molecular formula is C24H28N3O2S+. The van der Waals surface area contributed by atoms with Crippen LogP contribution in [-0.2, 0) is 16.0 Å². The Morgan fingerprint density at radius 1 is 1.20 bits per heavy atom. The second kappa shape index (κ2) is 9.98. The molecule has 4 rings (SSSR count). The molecule has 2 heterocycles. The van der Waals surface area contributed by atoms with Crippen LogP contribution in [0.15, 0.2) is 54.6 Å². The summed E-state index contributed by atoms with van der Waals surface area (Å²) in [5, 5.41) is 0.772. The van der Waals surface area contributed by atoms with Crippen molar-refractivity contribution in [3.8, 4) is 0 Å². The summed E-state index contributed by atoms with van der Waals surface area (Å²) in [7, 11) is 0. The first-order valence-corrected chi connectivity index (χ1v) is 11.4. The van der Waals surface area contributed by atoms with Gasteiger partial charge in [-0.3, -0.25) is 9.69 Å². The van der Waals surface area contributed by atoms with Gasteiger partial charge in [-0.25, -0.2) is 4.98 Å². The maximum absolute atomic E-state index is 13.2. The summed E-state index contributed by atoms with van der Waals surface area (Å²) in [6.07, 6.45) is 4.53. The molecule has 2 aromatic carbocycles. The lowest BCUT2D eigenvalue weighted by Gasteiger charge is -2.26. The number of ether oxygens (including phenoxy) is 1. The fourth-order valence-electron chi connectivity index (χ4n) is 3.59. The minimum atomic E-state index is -0.0266. The SMILES string of the molecule is CCc1ccc2nc(N(CC[NH+]3CCOCC3)C(=O)/C=C/c3ccccc3)sc2c1. The predicted molar refractivity (Wildman–Crippen MR) is 123 cm³/mol. The van der Waals surface area contributed by atoms with Crippen LogP contribution in [0.25, 0.3) is 16.3 Å². The Hall–Kier alpha value is -2.54. The van der Waals surface area contributed by atoms with Crippen LogP contribution >= 0.6 is 11.3 Å². The minimum absolute atomic E-state index is 0.0266. The van der Waals surface area contributed by atoms with Crippen LogP contribution in [0.5, 0.6) is 0 Å². The van der Waals surface area contributed by atoms with Crippen LogP contribution in [0, 0.1) is 0 Å². The second-order valence-electron chi connectivity index (χ2n) is 7.50. The number of hydrogen-bond acceptors (Lipinski definition) is 4. The van der Waals surface area contributed by atoms with E-state index in [4.69, 9.17) is 9.72 Å². The number of carbonyl (C=O) groups excluding carboxylic acids is 1. The van der Waals surface area contributed by atoms with E-state index in [1.807, 2.05) is 41.3 Å². The van der Waals surface area contributed by atoms with E-state index < -0.39 is 0 Å². The monoisotopic (exact) mass is 422 g/mol. The zero-order valence-electron chi connectivity index (χ0n) is 17.3. The number of nitrogens with zero attached hydrogens (tertiary/aromatic N) is 2. The van der Waals surface area contributed by atoms with E-state index in [9.17, 15) is 4.79 Å². The average Bonchev–Trinajstić information content (AvgIpc) is 3.22. The van der Waals surface area contributed by atoms with Crippen LogP contribution in [0.3, 0.4) is 0 Å². The fraction of sp³-hybridized carbons (Fsp3) is 0.333. The van der Waals surface area contributed by atoms with Crippen molar-refractivity contribution in [2.45, 2.75) is 13.3 Å². The third-order valence-electron chi connectivity index (χ3n) is 5.45. The first-order valence-electron chi connectivity index (χ1n) is 10.6. The molecular weight excluding hydrogens is 394 g/mol. The van der Waals surface area contributed by atoms with Crippen LogP contribution in [0.1, 0.15) is 18.1 Å². The summed E-state index contributed by atoms with van der Waals surface area (Å²) in [6.45, 7) is 7.25. The van der Waals surface area contributed by atoms with Gasteiger partial charge in [-0.05, 0) is 35.8 Å². The Balaban J connectivity index is 1.57. The molecule has 0 radical (unpaired) electrons. The predicted octanol–water partition coefficient (Wildman–Crippen LogP) is 2.82. The molecule has 1 aliphatic rings. The van der Waals surface area contributed by atoms with Gasteiger partial charge in [-0.1, -0.05) is 54.7 Å². The van der Waals surface area contributed by atoms with Crippen LogP contribution in [0.4, 0.5) is 5.13 Å². The Morgan fingerprint density at radius 2 is 2.00 bits per heavy atom. The zero-order chi connectivity index (χ0) is 20.8. The molecule has 0 bridgehead atoms. The molecule has 0 spiro atoms. The highest BCUT2D eigenvalue weighted by Gasteiger charge is 2.21. The van der Waals surface area contributed by atoms with Gasteiger partial charge >= 0.3 is 0 Å². The van der Waals surface area contributed by atoms with E-state index in [1.54, 1.807) is 17.4 Å². The van der Waals surface area contributed by atoms with Gasteiger partial charge in [0.2, 0.25) is 0 Å². The number of quaternary nitrogens is 1. The van der Waals surface area contributed by atoms with Gasteiger partial charge in [0.15, 0.2) is 5.13 Å². The third kappa shape index (κ3) is 5.14. The number of anilines is 1. The summed E-state index contributed by atoms with van der Waals surface area (Å²) >= 11 is 1.60. The van der Waals surface area contributed by atoms with E-state index in [2.05, 4.69) is 25.1 Å². The molecule has 0 aliphatic carbocycles. The zero-order valence-corrected chi connectivity index (χ0v) is 18.2. The molecule has 1 fully saturated rings. The van der Waals surface area contributed by atoms with Crippen molar-refractivity contribution in [2.24, 2.45) is 0 Å². The summed E-state index contributed by atoms with van der Waals surface area (Å²) in [5.41, 5.74) is 3.26. The van der Waals surface area contributed by atoms with Gasteiger partial charge in [0, 0.05) is 6.08 Å². The van der Waals surface area contributed by atoms with Gasteiger partial charge in [0.1, 0.15) is 13.1 Å². The molecule has 30 heavy (non-hydrogen) atoms. The number of carbonyl (C=O) groups is 1. The quantitative estimate of drug-likeness (QED) is 0.596. The molecule has 1 aliphatic heterocycles. The molecule has 5 nitrogen and oxygen atoms in total. The van der Waals surface area contributed by atoms with Gasteiger partial charge in [0.25, 0.3) is 5.91 Å². The Kier molecular flexibility index (Phi) is 6.89. The molecule has 156 valence electrons. The van der Waals surface area contributed by atoms with E-state index >= 15 is 0 Å². The van der Waals surface area contributed by atoms with Gasteiger partial charge in [0.05, 0.1) is 36.5 Å². The largest absolute Gasteiger partial charge is 0.370 e. The maximum atomic E-state index is 13.2. The normalized spacial score (nSPS) is 15.1. The first kappa shape index (κ1) is 20.7. The number of thiazole rings is 1. The molecule has 1 amide bonds. The van der Waals surface area contributed by atoms with Crippen molar-refractivity contribution < 1.29 is 14.4 Å². The van der Waals surface area contributed by atoms with Gasteiger partial charge in [-0.15, -0.1) is 0 Å². The fourth-order valence-corrected chi connectivity index (χ4v) is 4.65. The number of benzene rings is 2. The molecule has 1 N–H and O–H groups in total. The highest BCUT2D eigenvalue weighted by atomic mass is 32.1. The molecule has 1 aromatic heterocycles. The highest BCUT2D eigenvalue weighted by Crippen LogP contribution is 2.30. The number of fused-ring (bicyclic) bond motifs is 1. The topological polar surface area (TPSA) is 46.9 Å². The number of nitrogens with one attached hydrogen (secondary N) is 1. The van der Waals surface area contributed by atoms with Gasteiger partial charge < -0.3 is 9.64 Å². The van der Waals surface area contributed by atoms with Gasteiger partial charge in [-0.2, -0.15) is 0 Å². The lowest BCUT2D eigenvalue weighted by Crippen LogP contribution is -3.14. The van der Waals surface area contributed by atoms with Crippen molar-refractivity contribution >= 4 is 38.7 Å². The highest BCUT2D eigenvalue weighted by molar-refractivity contribution is 7.22. The van der Waals surface area contributed by atoms with Crippen LogP contribution in [-0.4, -0.2) is 50.3 Å². The smallest absolute Gasteiger partial charge is 0.252 e. The Labute approximate surface area is 181 Å². The average molecular weight is 423 g/mol. The first-order chi connectivity index (χ1) is 14.7. The van der Waals surface area contributed by atoms with Crippen molar-refractivity contribution in [3.05, 3.63) is 65.7 Å². The Morgan fingerprint density at radius 3 is 2.77 bits per heavy atom. The molecule has 0 unspecified atom stereocenters. The molecule has 3 aromatic rings. The summed E-state index contributed by atoms with van der Waals surface area (Å²) < 4.78 is 6.60. The standard InChI is InChI=1S/C24H27N3O2S/c1-2-19-8-10-21-22(18-19)30-24(25-21)27(13-12-26-14-16-29-17-15-26)23(28)11-9-20-6-4-3-5-7-20/h3-11,18H,2,12-17H2,1H3/p+1/b11-9+. The summed E-state index contributed by atoms with van der Waals surface area (Å²) in [6, 6.07) is 16.3. The number of amides is 1. The minimum Gasteiger partial charge on any atom is -0.370 e. The summed E-state index contributed by atoms with van der Waals surface area (Å²) in [5.74, 6) is -0.0266. The third-order valence-corrected chi connectivity index (χ3v) is 6.49. The van der Waals surface area contributed by atoms with Crippen molar-refractivity contribution in [3.63, 3.8) is 0 Å². The Bertz CT molecular complexity index is 1010. The van der Waals surface area contributed by atoms with E-state index in [0.717, 1.165) is 60.2 Å². The number of hydrogen-bond donors (Lipinski definition) is 1. The summed E-state index contributed by atoms with van der Waals surface area (Å²) in [4.78, 5) is 21.2. The van der Waals surface area contributed by atoms with Crippen molar-refractivity contribution in [2.75, 3.05) is 44.3 Å². The number of morpholine rings is 1. The molecule has 1 saturated heterocycles. The molecule has 0 saturated carbocycles. The number of aryl methyl sites for hydroxylation is 1.